The molecule has 86 valence electrons. The van der Waals surface area contributed by atoms with Gasteiger partial charge in [-0.1, -0.05) is 0 Å². The van der Waals surface area contributed by atoms with Crippen LogP contribution in [0, 0.1) is 6.92 Å². The molecule has 0 spiro atoms. The van der Waals surface area contributed by atoms with E-state index in [2.05, 4.69) is 15.3 Å². The second-order valence-electron chi connectivity index (χ2n) is 3.93. The van der Waals surface area contributed by atoms with Gasteiger partial charge in [0.25, 0.3) is 0 Å². The number of hydrogen-bond donors (Lipinski definition) is 0. The highest BCUT2D eigenvalue weighted by molar-refractivity contribution is 6.02. The van der Waals surface area contributed by atoms with Crippen molar-refractivity contribution in [2.24, 2.45) is 5.10 Å². The lowest BCUT2D eigenvalue weighted by molar-refractivity contribution is 0.415. The Labute approximate surface area is 98.7 Å². The Balaban J connectivity index is 1.94. The summed E-state index contributed by atoms with van der Waals surface area (Å²) in [6.45, 7) is 1.90. The summed E-state index contributed by atoms with van der Waals surface area (Å²) in [5, 5.41) is 12.6. The summed E-state index contributed by atoms with van der Waals surface area (Å²) in [6.07, 6.45) is 0.729. The zero-order valence-corrected chi connectivity index (χ0v) is 9.71. The molecule has 5 heteroatoms. The van der Waals surface area contributed by atoms with E-state index in [-0.39, 0.29) is 0 Å². The van der Waals surface area contributed by atoms with Gasteiger partial charge in [0.15, 0.2) is 11.6 Å². The molecule has 2 aromatic rings. The minimum absolute atomic E-state index is 0.729. The van der Waals surface area contributed by atoms with Gasteiger partial charge in [-0.15, -0.1) is 10.2 Å². The lowest BCUT2D eigenvalue weighted by atomic mass is 10.1. The Morgan fingerprint density at radius 2 is 1.94 bits per heavy atom. The van der Waals surface area contributed by atoms with E-state index in [1.54, 1.807) is 11.8 Å². The molecular formula is C12H12N4O. The van der Waals surface area contributed by atoms with E-state index in [1.165, 1.54) is 0 Å². The van der Waals surface area contributed by atoms with Gasteiger partial charge in [0, 0.05) is 0 Å². The van der Waals surface area contributed by atoms with E-state index < -0.39 is 0 Å². The smallest absolute Gasteiger partial charge is 0.160 e. The Bertz CT molecular complexity index is 583. The van der Waals surface area contributed by atoms with Crippen LogP contribution in [0.4, 0.5) is 0 Å². The molecule has 0 fully saturated rings. The van der Waals surface area contributed by atoms with E-state index in [0.29, 0.717) is 0 Å². The van der Waals surface area contributed by atoms with Gasteiger partial charge < -0.3 is 4.74 Å². The van der Waals surface area contributed by atoms with Crippen molar-refractivity contribution in [1.82, 2.24) is 14.9 Å². The van der Waals surface area contributed by atoms with E-state index in [9.17, 15) is 0 Å². The van der Waals surface area contributed by atoms with E-state index in [4.69, 9.17) is 4.74 Å². The van der Waals surface area contributed by atoms with Crippen molar-refractivity contribution in [1.29, 1.82) is 0 Å². The van der Waals surface area contributed by atoms with Crippen molar-refractivity contribution in [3.8, 4) is 5.75 Å². The predicted molar refractivity (Wildman–Crippen MR) is 63.4 cm³/mol. The zero-order valence-electron chi connectivity index (χ0n) is 9.71. The summed E-state index contributed by atoms with van der Waals surface area (Å²) in [7, 11) is 1.66. The molecule has 0 saturated heterocycles. The lowest BCUT2D eigenvalue weighted by Crippen LogP contribution is -2.01. The molecule has 3 rings (SSSR count). The molecular weight excluding hydrogens is 216 g/mol. The van der Waals surface area contributed by atoms with Crippen LogP contribution in [0.5, 0.6) is 5.75 Å². The van der Waals surface area contributed by atoms with Gasteiger partial charge in [0.1, 0.15) is 5.75 Å². The average molecular weight is 228 g/mol. The Morgan fingerprint density at radius 1 is 1.18 bits per heavy atom. The van der Waals surface area contributed by atoms with Crippen LogP contribution in [0.1, 0.15) is 17.2 Å². The number of aryl methyl sites for hydroxylation is 1. The molecule has 0 radical (unpaired) electrons. The van der Waals surface area contributed by atoms with E-state index in [1.807, 2.05) is 31.2 Å². The molecule has 1 aliphatic heterocycles. The number of methoxy groups -OCH3 is 1. The van der Waals surface area contributed by atoms with Crippen LogP contribution < -0.4 is 4.74 Å². The van der Waals surface area contributed by atoms with Crippen LogP contribution in [0.3, 0.4) is 0 Å². The highest BCUT2D eigenvalue weighted by Crippen LogP contribution is 2.18. The largest absolute Gasteiger partial charge is 0.497 e. The minimum Gasteiger partial charge on any atom is -0.497 e. The third-order valence-electron chi connectivity index (χ3n) is 2.83. The highest BCUT2D eigenvalue weighted by Gasteiger charge is 2.19. The quantitative estimate of drug-likeness (QED) is 0.780. The van der Waals surface area contributed by atoms with Gasteiger partial charge in [-0.2, -0.15) is 5.10 Å². The van der Waals surface area contributed by atoms with Crippen LogP contribution in [0.2, 0.25) is 0 Å². The summed E-state index contributed by atoms with van der Waals surface area (Å²) in [4.78, 5) is 0. The summed E-state index contributed by atoms with van der Waals surface area (Å²) in [5.41, 5.74) is 2.11. The van der Waals surface area contributed by atoms with Gasteiger partial charge in [-0.25, -0.2) is 4.68 Å². The number of ether oxygens (including phenoxy) is 1. The molecule has 2 heterocycles. The van der Waals surface area contributed by atoms with Gasteiger partial charge in [-0.05, 0) is 36.8 Å². The van der Waals surface area contributed by atoms with Crippen LogP contribution in [-0.2, 0) is 6.42 Å². The summed E-state index contributed by atoms with van der Waals surface area (Å²) in [6, 6.07) is 7.88. The van der Waals surface area contributed by atoms with Crippen molar-refractivity contribution >= 4 is 5.71 Å². The van der Waals surface area contributed by atoms with Crippen LogP contribution in [0.25, 0.3) is 0 Å². The first kappa shape index (κ1) is 10.0. The van der Waals surface area contributed by atoms with Crippen LogP contribution in [0.15, 0.2) is 29.4 Å². The first-order valence-corrected chi connectivity index (χ1v) is 5.41. The Hall–Kier alpha value is -2.17. The summed E-state index contributed by atoms with van der Waals surface area (Å²) in [5.74, 6) is 2.57. The maximum absolute atomic E-state index is 5.13. The standard InChI is InChI=1S/C12H12N4O/c1-8-13-14-12-7-11(15-16(8)12)9-3-5-10(17-2)6-4-9/h3-6H,7H2,1-2H3. The Morgan fingerprint density at radius 3 is 2.59 bits per heavy atom. The fourth-order valence-corrected chi connectivity index (χ4v) is 1.89. The Kier molecular flexibility index (Phi) is 2.18. The summed E-state index contributed by atoms with van der Waals surface area (Å²) >= 11 is 0. The molecule has 0 N–H and O–H groups in total. The first-order valence-electron chi connectivity index (χ1n) is 5.41. The molecule has 0 unspecified atom stereocenters. The lowest BCUT2D eigenvalue weighted by Gasteiger charge is -2.02. The zero-order chi connectivity index (χ0) is 11.8. The minimum atomic E-state index is 0.729. The molecule has 0 saturated carbocycles. The number of hydrogen-bond acceptors (Lipinski definition) is 4. The maximum atomic E-state index is 5.13. The average Bonchev–Trinajstić information content (AvgIpc) is 2.92. The number of aromatic nitrogens is 3. The number of fused-ring (bicyclic) bond motifs is 1. The highest BCUT2D eigenvalue weighted by atomic mass is 16.5. The second kappa shape index (κ2) is 3.69. The third kappa shape index (κ3) is 1.60. The maximum Gasteiger partial charge on any atom is 0.160 e. The topological polar surface area (TPSA) is 52.3 Å². The third-order valence-corrected chi connectivity index (χ3v) is 2.83. The van der Waals surface area contributed by atoms with Gasteiger partial charge in [0.05, 0.1) is 19.2 Å². The second-order valence-corrected chi connectivity index (χ2v) is 3.93. The van der Waals surface area contributed by atoms with Gasteiger partial charge in [0.2, 0.25) is 0 Å². The fourth-order valence-electron chi connectivity index (χ4n) is 1.89. The van der Waals surface area contributed by atoms with E-state index >= 15 is 0 Å². The van der Waals surface area contributed by atoms with Gasteiger partial charge in [-0.3, -0.25) is 0 Å². The normalized spacial score (nSPS) is 13.4. The summed E-state index contributed by atoms with van der Waals surface area (Å²) < 4.78 is 6.92. The monoisotopic (exact) mass is 228 g/mol. The molecule has 17 heavy (non-hydrogen) atoms. The number of benzene rings is 1. The van der Waals surface area contributed by atoms with Crippen molar-refractivity contribution in [3.63, 3.8) is 0 Å². The molecule has 1 aromatic heterocycles. The first-order chi connectivity index (χ1) is 8.28. The number of rotatable bonds is 2. The van der Waals surface area contributed by atoms with Crippen molar-refractivity contribution < 1.29 is 4.74 Å². The molecule has 5 nitrogen and oxygen atoms in total. The molecule has 0 aliphatic carbocycles. The van der Waals surface area contributed by atoms with Crippen LogP contribution in [-0.4, -0.2) is 27.7 Å². The SMILES string of the molecule is COc1ccc(C2=Nn3c(C)nnc3C2)cc1. The van der Waals surface area contributed by atoms with Crippen molar-refractivity contribution in [3.05, 3.63) is 41.5 Å². The number of nitrogens with zero attached hydrogens (tertiary/aromatic N) is 4. The predicted octanol–water partition coefficient (Wildman–Crippen LogP) is 1.40. The molecule has 0 amide bonds. The molecule has 1 aliphatic rings. The molecule has 1 aromatic carbocycles. The van der Waals surface area contributed by atoms with Gasteiger partial charge >= 0.3 is 0 Å². The molecule has 0 bridgehead atoms. The molecule has 0 atom stereocenters. The van der Waals surface area contributed by atoms with E-state index in [0.717, 1.165) is 35.1 Å². The fraction of sp³-hybridized carbons (Fsp3) is 0.250. The van der Waals surface area contributed by atoms with Crippen molar-refractivity contribution in [2.45, 2.75) is 13.3 Å². The van der Waals surface area contributed by atoms with Crippen LogP contribution >= 0.6 is 0 Å². The van der Waals surface area contributed by atoms with Crippen molar-refractivity contribution in [2.75, 3.05) is 7.11 Å².